The fourth-order valence-corrected chi connectivity index (χ4v) is 2.59. The second-order valence-corrected chi connectivity index (χ2v) is 6.45. The summed E-state index contributed by atoms with van der Waals surface area (Å²) in [5.41, 5.74) is -0.511. The van der Waals surface area contributed by atoms with E-state index in [1.54, 1.807) is 6.26 Å². The van der Waals surface area contributed by atoms with Crippen molar-refractivity contribution < 1.29 is 22.7 Å². The van der Waals surface area contributed by atoms with Crippen molar-refractivity contribution in [3.8, 4) is 6.01 Å². The summed E-state index contributed by atoms with van der Waals surface area (Å²) in [6.07, 6.45) is 2.63. The summed E-state index contributed by atoms with van der Waals surface area (Å²) in [6, 6.07) is 0.231. The first-order valence-electron chi connectivity index (χ1n) is 8.22. The third-order valence-electron chi connectivity index (χ3n) is 3.67. The van der Waals surface area contributed by atoms with Gasteiger partial charge < -0.3 is 10.1 Å². The number of methoxy groups -OCH3 is 1. The monoisotopic (exact) mass is 440 g/mol. The van der Waals surface area contributed by atoms with Gasteiger partial charge in [0.2, 0.25) is 0 Å². The van der Waals surface area contributed by atoms with E-state index in [0.717, 1.165) is 11.0 Å². The number of carbonyl (C=O) groups excluding carboxylic acids is 1. The first-order chi connectivity index (χ1) is 14.3. The fraction of sp³-hybridized carbons (Fsp3) is 0.250. The summed E-state index contributed by atoms with van der Waals surface area (Å²) < 4.78 is 43.4. The number of nitrogens with one attached hydrogen (secondary N) is 2. The van der Waals surface area contributed by atoms with Crippen LogP contribution in [-0.2, 0) is 12.7 Å². The molecule has 30 heavy (non-hydrogen) atoms. The minimum Gasteiger partial charge on any atom is -0.467 e. The van der Waals surface area contributed by atoms with E-state index in [-0.39, 0.29) is 23.9 Å². The van der Waals surface area contributed by atoms with Gasteiger partial charge in [0, 0.05) is 0 Å². The molecule has 10 nitrogen and oxygen atoms in total. The average Bonchev–Trinajstić information content (AvgIpc) is 3.22. The van der Waals surface area contributed by atoms with Gasteiger partial charge in [0.25, 0.3) is 0 Å². The molecule has 0 fully saturated rings. The summed E-state index contributed by atoms with van der Waals surface area (Å²) in [4.78, 5) is 29.9. The van der Waals surface area contributed by atoms with Gasteiger partial charge >= 0.3 is 18.2 Å². The number of aromatic nitrogens is 6. The maximum absolute atomic E-state index is 12.8. The second kappa shape index (κ2) is 8.94. The number of ether oxygens (including phenoxy) is 1. The van der Waals surface area contributed by atoms with Crippen LogP contribution in [0.25, 0.3) is 0 Å². The maximum Gasteiger partial charge on any atom is 0.435 e. The molecule has 0 bridgehead atoms. The van der Waals surface area contributed by atoms with Gasteiger partial charge in [-0.25, -0.2) is 24.7 Å². The summed E-state index contributed by atoms with van der Waals surface area (Å²) in [5.74, 6) is 0. The Hall–Kier alpha value is -3.42. The van der Waals surface area contributed by atoms with E-state index in [9.17, 15) is 18.0 Å². The molecular weight excluding hydrogens is 425 g/mol. The third kappa shape index (κ3) is 5.14. The Morgan fingerprint density at radius 3 is 2.40 bits per heavy atom. The molecule has 0 unspecified atom stereocenters. The zero-order valence-corrected chi connectivity index (χ0v) is 16.5. The van der Waals surface area contributed by atoms with Crippen LogP contribution in [0.1, 0.15) is 11.4 Å². The van der Waals surface area contributed by atoms with Crippen molar-refractivity contribution in [2.45, 2.75) is 17.9 Å². The highest BCUT2D eigenvalue weighted by molar-refractivity contribution is 7.98. The van der Waals surface area contributed by atoms with Gasteiger partial charge in [0.15, 0.2) is 10.9 Å². The van der Waals surface area contributed by atoms with Gasteiger partial charge in [-0.2, -0.15) is 18.3 Å². The molecule has 158 valence electrons. The van der Waals surface area contributed by atoms with E-state index >= 15 is 0 Å². The van der Waals surface area contributed by atoms with Gasteiger partial charge in [0.05, 0.1) is 55.5 Å². The number of thioether (sulfide) groups is 1. The molecule has 0 aromatic carbocycles. The molecule has 14 heteroatoms. The molecule has 2 amide bonds. The Balaban J connectivity index is 1.85. The molecule has 0 spiro atoms. The van der Waals surface area contributed by atoms with E-state index in [4.69, 9.17) is 4.74 Å². The molecule has 3 heterocycles. The van der Waals surface area contributed by atoms with Crippen molar-refractivity contribution in [1.82, 2.24) is 30.1 Å². The van der Waals surface area contributed by atoms with Gasteiger partial charge in [0.1, 0.15) is 0 Å². The van der Waals surface area contributed by atoms with E-state index in [2.05, 4.69) is 35.5 Å². The van der Waals surface area contributed by atoms with Crippen LogP contribution >= 0.6 is 11.8 Å². The summed E-state index contributed by atoms with van der Waals surface area (Å²) in [5, 5.41) is 8.63. The number of amides is 2. The SMILES string of the molecule is COc1ncc(N(Cc2cc(C(F)(F)F)n[nH]2)C(=O)Nc2cnc(SC)nc2)cn1. The standard InChI is InChI=1S/C16H15F3N8O2S/c1-29-13-20-6-11(7-21-13)27(8-9-3-12(26-25-9)16(17,18)19)15(28)24-10-4-22-14(30-2)23-5-10/h3-7H,8H2,1-2H3,(H,24,28)(H,25,26). The highest BCUT2D eigenvalue weighted by Crippen LogP contribution is 2.28. The lowest BCUT2D eigenvalue weighted by Gasteiger charge is -2.22. The predicted molar refractivity (Wildman–Crippen MR) is 101 cm³/mol. The van der Waals surface area contributed by atoms with E-state index in [1.165, 1.54) is 43.7 Å². The predicted octanol–water partition coefficient (Wildman–Crippen LogP) is 2.98. The van der Waals surface area contributed by atoms with Crippen LogP contribution in [0.4, 0.5) is 29.3 Å². The molecule has 0 saturated carbocycles. The fourth-order valence-electron chi connectivity index (χ4n) is 2.27. The molecule has 0 aliphatic rings. The number of anilines is 2. The minimum absolute atomic E-state index is 0.0577. The minimum atomic E-state index is -4.61. The number of alkyl halides is 3. The van der Waals surface area contributed by atoms with Crippen molar-refractivity contribution in [2.75, 3.05) is 23.6 Å². The van der Waals surface area contributed by atoms with Crippen molar-refractivity contribution in [2.24, 2.45) is 0 Å². The van der Waals surface area contributed by atoms with Crippen LogP contribution in [0.3, 0.4) is 0 Å². The summed E-state index contributed by atoms with van der Waals surface area (Å²) >= 11 is 1.33. The number of H-pyrrole nitrogens is 1. The topological polar surface area (TPSA) is 122 Å². The first kappa shape index (κ1) is 21.3. The average molecular weight is 440 g/mol. The van der Waals surface area contributed by atoms with Gasteiger partial charge in [-0.05, 0) is 12.3 Å². The van der Waals surface area contributed by atoms with E-state index in [0.29, 0.717) is 10.8 Å². The lowest BCUT2D eigenvalue weighted by Crippen LogP contribution is -2.35. The molecule has 0 atom stereocenters. The number of urea groups is 1. The molecule has 0 aliphatic carbocycles. The highest BCUT2D eigenvalue weighted by atomic mass is 32.2. The molecule has 3 aromatic rings. The van der Waals surface area contributed by atoms with Crippen LogP contribution in [0, 0.1) is 0 Å². The number of carbonyl (C=O) groups is 1. The smallest absolute Gasteiger partial charge is 0.435 e. The maximum atomic E-state index is 12.8. The number of hydrogen-bond donors (Lipinski definition) is 2. The first-order valence-corrected chi connectivity index (χ1v) is 9.44. The van der Waals surface area contributed by atoms with Crippen LogP contribution in [-0.4, -0.2) is 49.5 Å². The molecule has 2 N–H and O–H groups in total. The van der Waals surface area contributed by atoms with Gasteiger partial charge in [-0.15, -0.1) is 0 Å². The number of aromatic amines is 1. The van der Waals surface area contributed by atoms with Crippen molar-refractivity contribution in [3.63, 3.8) is 0 Å². The lowest BCUT2D eigenvalue weighted by atomic mass is 10.3. The Kier molecular flexibility index (Phi) is 6.34. The Labute approximate surface area is 172 Å². The number of hydrogen-bond acceptors (Lipinski definition) is 8. The molecule has 3 rings (SSSR count). The zero-order valence-electron chi connectivity index (χ0n) is 15.6. The number of halogens is 3. The molecule has 0 saturated heterocycles. The lowest BCUT2D eigenvalue weighted by molar-refractivity contribution is -0.141. The van der Waals surface area contributed by atoms with E-state index < -0.39 is 17.9 Å². The molecule has 0 radical (unpaired) electrons. The largest absolute Gasteiger partial charge is 0.467 e. The third-order valence-corrected chi connectivity index (χ3v) is 4.24. The van der Waals surface area contributed by atoms with Crippen LogP contribution in [0.15, 0.2) is 36.0 Å². The Bertz CT molecular complexity index is 995. The van der Waals surface area contributed by atoms with Crippen LogP contribution < -0.4 is 15.0 Å². The zero-order chi connectivity index (χ0) is 21.7. The van der Waals surface area contributed by atoms with Crippen molar-refractivity contribution >= 4 is 29.2 Å². The normalized spacial score (nSPS) is 11.2. The number of rotatable bonds is 6. The van der Waals surface area contributed by atoms with Crippen molar-refractivity contribution in [3.05, 3.63) is 42.2 Å². The second-order valence-electron chi connectivity index (χ2n) is 5.68. The van der Waals surface area contributed by atoms with Crippen molar-refractivity contribution in [1.29, 1.82) is 0 Å². The molecule has 0 aliphatic heterocycles. The van der Waals surface area contributed by atoms with Gasteiger partial charge in [-0.1, -0.05) is 11.8 Å². The number of nitrogens with zero attached hydrogens (tertiary/aromatic N) is 6. The highest BCUT2D eigenvalue weighted by Gasteiger charge is 2.34. The van der Waals surface area contributed by atoms with Crippen LogP contribution in [0.2, 0.25) is 0 Å². The van der Waals surface area contributed by atoms with E-state index in [1.807, 2.05) is 0 Å². The summed E-state index contributed by atoms with van der Waals surface area (Å²) in [6.45, 7) is -0.256. The Morgan fingerprint density at radius 1 is 1.20 bits per heavy atom. The molecule has 3 aromatic heterocycles. The van der Waals surface area contributed by atoms with Crippen LogP contribution in [0.5, 0.6) is 6.01 Å². The van der Waals surface area contributed by atoms with Gasteiger partial charge in [-0.3, -0.25) is 10.00 Å². The Morgan fingerprint density at radius 2 is 1.87 bits per heavy atom. The molecular formula is C16H15F3N8O2S. The summed E-state index contributed by atoms with van der Waals surface area (Å²) in [7, 11) is 1.38. The quantitative estimate of drug-likeness (QED) is 0.443.